The summed E-state index contributed by atoms with van der Waals surface area (Å²) >= 11 is 3.41. The summed E-state index contributed by atoms with van der Waals surface area (Å²) in [5.41, 5.74) is 1.15. The summed E-state index contributed by atoms with van der Waals surface area (Å²) in [7, 11) is 4.22. The summed E-state index contributed by atoms with van der Waals surface area (Å²) in [6, 6.07) is 4.65. The standard InChI is InChI=1S/C13H22BrN3/c1-4-15-13(7-8-17(2)3)9-12-6-5-11(14)10-16-12/h5-6,10,13,15H,4,7-9H2,1-3H3. The van der Waals surface area contributed by atoms with Crippen LogP contribution in [0.4, 0.5) is 0 Å². The van der Waals surface area contributed by atoms with Gasteiger partial charge in [0.15, 0.2) is 0 Å². The first-order valence-corrected chi connectivity index (χ1v) is 6.89. The van der Waals surface area contributed by atoms with E-state index < -0.39 is 0 Å². The molecule has 0 saturated heterocycles. The zero-order valence-corrected chi connectivity index (χ0v) is 12.5. The third-order valence-electron chi connectivity index (χ3n) is 2.66. The van der Waals surface area contributed by atoms with Gasteiger partial charge in [0.1, 0.15) is 0 Å². The fourth-order valence-electron chi connectivity index (χ4n) is 1.76. The second-order valence-corrected chi connectivity index (χ2v) is 5.43. The van der Waals surface area contributed by atoms with E-state index in [1.807, 2.05) is 6.20 Å². The van der Waals surface area contributed by atoms with Crippen LogP contribution in [0.15, 0.2) is 22.8 Å². The van der Waals surface area contributed by atoms with Crippen molar-refractivity contribution in [2.45, 2.75) is 25.8 Å². The Hall–Kier alpha value is -0.450. The van der Waals surface area contributed by atoms with Gasteiger partial charge < -0.3 is 10.2 Å². The number of rotatable bonds is 7. The van der Waals surface area contributed by atoms with E-state index in [4.69, 9.17) is 0 Å². The molecule has 96 valence electrons. The van der Waals surface area contributed by atoms with E-state index in [0.29, 0.717) is 6.04 Å². The monoisotopic (exact) mass is 299 g/mol. The van der Waals surface area contributed by atoms with Crippen molar-refractivity contribution in [2.75, 3.05) is 27.2 Å². The van der Waals surface area contributed by atoms with Crippen molar-refractivity contribution in [1.29, 1.82) is 0 Å². The van der Waals surface area contributed by atoms with E-state index in [2.05, 4.69) is 64.3 Å². The molecule has 0 aliphatic carbocycles. The normalized spacial score (nSPS) is 13.0. The molecule has 1 aromatic rings. The minimum absolute atomic E-state index is 0.510. The van der Waals surface area contributed by atoms with Crippen LogP contribution < -0.4 is 5.32 Å². The Morgan fingerprint density at radius 3 is 2.71 bits per heavy atom. The van der Waals surface area contributed by atoms with Crippen molar-refractivity contribution >= 4 is 15.9 Å². The molecule has 1 heterocycles. The molecule has 0 fully saturated rings. The quantitative estimate of drug-likeness (QED) is 0.837. The molecule has 0 saturated carbocycles. The summed E-state index contributed by atoms with van der Waals surface area (Å²) in [6.07, 6.45) is 4.01. The van der Waals surface area contributed by atoms with Gasteiger partial charge in [-0.15, -0.1) is 0 Å². The molecule has 1 rings (SSSR count). The Balaban J connectivity index is 2.50. The van der Waals surface area contributed by atoms with Gasteiger partial charge in [0.25, 0.3) is 0 Å². The van der Waals surface area contributed by atoms with Crippen molar-refractivity contribution < 1.29 is 0 Å². The van der Waals surface area contributed by atoms with Crippen molar-refractivity contribution in [1.82, 2.24) is 15.2 Å². The van der Waals surface area contributed by atoms with Crippen LogP contribution in [0.2, 0.25) is 0 Å². The molecule has 3 nitrogen and oxygen atoms in total. The zero-order valence-electron chi connectivity index (χ0n) is 10.9. The van der Waals surface area contributed by atoms with Crippen LogP contribution >= 0.6 is 15.9 Å². The molecule has 0 aromatic carbocycles. The lowest BCUT2D eigenvalue weighted by atomic mass is 10.1. The van der Waals surface area contributed by atoms with Gasteiger partial charge >= 0.3 is 0 Å². The summed E-state index contributed by atoms with van der Waals surface area (Å²) in [5.74, 6) is 0. The number of nitrogens with zero attached hydrogens (tertiary/aromatic N) is 2. The Morgan fingerprint density at radius 1 is 1.41 bits per heavy atom. The van der Waals surface area contributed by atoms with Gasteiger partial charge in [0, 0.05) is 28.8 Å². The van der Waals surface area contributed by atoms with Crippen LogP contribution in [0.5, 0.6) is 0 Å². The topological polar surface area (TPSA) is 28.2 Å². The average molecular weight is 300 g/mol. The highest BCUT2D eigenvalue weighted by molar-refractivity contribution is 9.10. The highest BCUT2D eigenvalue weighted by atomic mass is 79.9. The first kappa shape index (κ1) is 14.6. The third kappa shape index (κ3) is 6.15. The maximum absolute atomic E-state index is 4.43. The Kier molecular flexibility index (Phi) is 6.70. The molecule has 4 heteroatoms. The van der Waals surface area contributed by atoms with Crippen molar-refractivity contribution in [3.63, 3.8) is 0 Å². The van der Waals surface area contributed by atoms with Crippen LogP contribution in [0.25, 0.3) is 0 Å². The third-order valence-corrected chi connectivity index (χ3v) is 3.13. The minimum Gasteiger partial charge on any atom is -0.314 e. The number of aromatic nitrogens is 1. The number of pyridine rings is 1. The largest absolute Gasteiger partial charge is 0.314 e. The van der Waals surface area contributed by atoms with E-state index in [9.17, 15) is 0 Å². The fourth-order valence-corrected chi connectivity index (χ4v) is 1.99. The van der Waals surface area contributed by atoms with Gasteiger partial charge in [0.05, 0.1) is 0 Å². The lowest BCUT2D eigenvalue weighted by Crippen LogP contribution is -2.34. The van der Waals surface area contributed by atoms with Gasteiger partial charge in [-0.3, -0.25) is 4.98 Å². The lowest BCUT2D eigenvalue weighted by Gasteiger charge is -2.19. The van der Waals surface area contributed by atoms with Crippen molar-refractivity contribution in [3.8, 4) is 0 Å². The molecule has 17 heavy (non-hydrogen) atoms. The molecule has 1 aromatic heterocycles. The van der Waals surface area contributed by atoms with Gasteiger partial charge in [0.2, 0.25) is 0 Å². The Labute approximate surface area is 113 Å². The first-order valence-electron chi connectivity index (χ1n) is 6.10. The predicted octanol–water partition coefficient (Wildman–Crippen LogP) is 2.32. The Bertz CT molecular complexity index is 311. The maximum atomic E-state index is 4.43. The molecule has 0 spiro atoms. The van der Waals surface area contributed by atoms with E-state index in [0.717, 1.165) is 36.1 Å². The summed E-state index contributed by atoms with van der Waals surface area (Å²) < 4.78 is 1.04. The lowest BCUT2D eigenvalue weighted by molar-refractivity contribution is 0.357. The number of nitrogens with one attached hydrogen (secondary N) is 1. The van der Waals surface area contributed by atoms with Gasteiger partial charge in [-0.05, 0) is 61.7 Å². The van der Waals surface area contributed by atoms with Crippen LogP contribution in [0.3, 0.4) is 0 Å². The molecule has 0 amide bonds. The van der Waals surface area contributed by atoms with E-state index in [1.165, 1.54) is 0 Å². The first-order chi connectivity index (χ1) is 8.11. The molecule has 0 radical (unpaired) electrons. The van der Waals surface area contributed by atoms with Gasteiger partial charge in [-0.25, -0.2) is 0 Å². The molecule has 1 unspecified atom stereocenters. The minimum atomic E-state index is 0.510. The molecular weight excluding hydrogens is 278 g/mol. The predicted molar refractivity (Wildman–Crippen MR) is 76.3 cm³/mol. The number of halogens is 1. The molecule has 0 aliphatic heterocycles. The molecular formula is C13H22BrN3. The number of hydrogen-bond acceptors (Lipinski definition) is 3. The highest BCUT2D eigenvalue weighted by Crippen LogP contribution is 2.10. The SMILES string of the molecule is CCNC(CCN(C)C)Cc1ccc(Br)cn1. The number of likely N-dealkylation sites (N-methyl/N-ethyl adjacent to an activating group) is 1. The Morgan fingerprint density at radius 2 is 2.18 bits per heavy atom. The number of hydrogen-bond donors (Lipinski definition) is 1. The fraction of sp³-hybridized carbons (Fsp3) is 0.615. The average Bonchev–Trinajstić information content (AvgIpc) is 2.29. The van der Waals surface area contributed by atoms with Gasteiger partial charge in [-0.2, -0.15) is 0 Å². The summed E-state index contributed by atoms with van der Waals surface area (Å²) in [4.78, 5) is 6.65. The second-order valence-electron chi connectivity index (χ2n) is 4.52. The molecule has 1 atom stereocenters. The zero-order chi connectivity index (χ0) is 12.7. The molecule has 0 aliphatic rings. The van der Waals surface area contributed by atoms with Crippen molar-refractivity contribution in [3.05, 3.63) is 28.5 Å². The second kappa shape index (κ2) is 7.80. The highest BCUT2D eigenvalue weighted by Gasteiger charge is 2.09. The van der Waals surface area contributed by atoms with Gasteiger partial charge in [-0.1, -0.05) is 6.92 Å². The van der Waals surface area contributed by atoms with Crippen LogP contribution in [-0.4, -0.2) is 43.1 Å². The summed E-state index contributed by atoms with van der Waals surface area (Å²) in [6.45, 7) is 4.26. The molecule has 0 bridgehead atoms. The molecule has 1 N–H and O–H groups in total. The van der Waals surface area contributed by atoms with E-state index >= 15 is 0 Å². The van der Waals surface area contributed by atoms with Crippen LogP contribution in [0.1, 0.15) is 19.0 Å². The summed E-state index contributed by atoms with van der Waals surface area (Å²) in [5, 5.41) is 3.52. The van der Waals surface area contributed by atoms with Crippen molar-refractivity contribution in [2.24, 2.45) is 0 Å². The maximum Gasteiger partial charge on any atom is 0.0419 e. The van der Waals surface area contributed by atoms with E-state index in [1.54, 1.807) is 0 Å². The smallest absolute Gasteiger partial charge is 0.0419 e. The van der Waals surface area contributed by atoms with Crippen LogP contribution in [-0.2, 0) is 6.42 Å². The van der Waals surface area contributed by atoms with E-state index in [-0.39, 0.29) is 0 Å². The van der Waals surface area contributed by atoms with Crippen LogP contribution in [0, 0.1) is 0 Å².